The number of halogens is 2. The van der Waals surface area contributed by atoms with Gasteiger partial charge in [0.1, 0.15) is 23.1 Å². The average molecular weight is 402 g/mol. The number of rotatable bonds is 6. The van der Waals surface area contributed by atoms with Crippen LogP contribution in [0.5, 0.6) is 0 Å². The molecule has 0 saturated carbocycles. The van der Waals surface area contributed by atoms with Crippen molar-refractivity contribution in [2.45, 2.75) is 33.4 Å². The lowest BCUT2D eigenvalue weighted by atomic mass is 10.2. The van der Waals surface area contributed by atoms with Crippen LogP contribution >= 0.6 is 0 Å². The maximum absolute atomic E-state index is 13.7. The second-order valence-electron chi connectivity index (χ2n) is 6.58. The summed E-state index contributed by atoms with van der Waals surface area (Å²) in [4.78, 5) is 24.8. The third-order valence-electron chi connectivity index (χ3n) is 4.55. The molecule has 1 aromatic carbocycles. The Morgan fingerprint density at radius 1 is 1.17 bits per heavy atom. The van der Waals surface area contributed by atoms with Gasteiger partial charge in [-0.3, -0.25) is 4.79 Å². The molecule has 0 saturated heterocycles. The number of hydrogen-bond donors (Lipinski definition) is 1. The number of amides is 1. The van der Waals surface area contributed by atoms with Crippen molar-refractivity contribution in [3.05, 3.63) is 77.0 Å². The van der Waals surface area contributed by atoms with Crippen LogP contribution in [0.2, 0.25) is 0 Å². The normalized spacial score (nSPS) is 11.9. The van der Waals surface area contributed by atoms with Gasteiger partial charge in [0.25, 0.3) is 5.91 Å². The zero-order chi connectivity index (χ0) is 21.1. The predicted octanol–water partition coefficient (Wildman–Crippen LogP) is 4.21. The number of para-hydroxylation sites is 1. The first-order valence-electron chi connectivity index (χ1n) is 8.93. The van der Waals surface area contributed by atoms with E-state index in [0.717, 1.165) is 23.6 Å². The summed E-state index contributed by atoms with van der Waals surface area (Å²) in [5.41, 5.74) is 1.18. The van der Waals surface area contributed by atoms with Gasteiger partial charge < -0.3 is 19.0 Å². The van der Waals surface area contributed by atoms with Crippen LogP contribution in [-0.4, -0.2) is 22.5 Å². The SMILES string of the molecule is Cc1cc(C(=O)OC(C)C(=O)Nc2c(F)cccc2F)c(C)n1Cc1ccco1. The summed E-state index contributed by atoms with van der Waals surface area (Å²) in [6.07, 6.45) is 0.312. The molecule has 8 heteroatoms. The zero-order valence-corrected chi connectivity index (χ0v) is 16.2. The van der Waals surface area contributed by atoms with Crippen LogP contribution in [-0.2, 0) is 16.1 Å². The fraction of sp³-hybridized carbons (Fsp3) is 0.238. The molecule has 3 aromatic rings. The second-order valence-corrected chi connectivity index (χ2v) is 6.58. The van der Waals surface area contributed by atoms with Gasteiger partial charge in [-0.1, -0.05) is 6.07 Å². The minimum absolute atomic E-state index is 0.297. The van der Waals surface area contributed by atoms with Crippen LogP contribution < -0.4 is 5.32 Å². The van der Waals surface area contributed by atoms with E-state index in [-0.39, 0.29) is 0 Å². The molecule has 0 aliphatic rings. The minimum atomic E-state index is -1.25. The van der Waals surface area contributed by atoms with Crippen molar-refractivity contribution in [2.24, 2.45) is 0 Å². The quantitative estimate of drug-likeness (QED) is 0.627. The van der Waals surface area contributed by atoms with E-state index in [2.05, 4.69) is 5.32 Å². The van der Waals surface area contributed by atoms with E-state index >= 15 is 0 Å². The fourth-order valence-corrected chi connectivity index (χ4v) is 2.93. The minimum Gasteiger partial charge on any atom is -0.467 e. The third kappa shape index (κ3) is 4.37. The van der Waals surface area contributed by atoms with Crippen molar-refractivity contribution in [2.75, 3.05) is 5.32 Å². The Kier molecular flexibility index (Phi) is 5.81. The highest BCUT2D eigenvalue weighted by atomic mass is 19.1. The van der Waals surface area contributed by atoms with E-state index < -0.39 is 35.3 Å². The smallest absolute Gasteiger partial charge is 0.340 e. The van der Waals surface area contributed by atoms with E-state index in [9.17, 15) is 18.4 Å². The number of hydrogen-bond acceptors (Lipinski definition) is 4. The molecule has 0 aliphatic heterocycles. The van der Waals surface area contributed by atoms with Gasteiger partial charge in [-0.2, -0.15) is 0 Å². The third-order valence-corrected chi connectivity index (χ3v) is 4.55. The highest BCUT2D eigenvalue weighted by molar-refractivity contribution is 5.98. The van der Waals surface area contributed by atoms with Crippen molar-refractivity contribution < 1.29 is 27.5 Å². The Morgan fingerprint density at radius 3 is 2.48 bits per heavy atom. The van der Waals surface area contributed by atoms with Gasteiger partial charge in [0.15, 0.2) is 6.10 Å². The molecule has 0 fully saturated rings. The van der Waals surface area contributed by atoms with Crippen LogP contribution in [0.1, 0.15) is 34.4 Å². The second kappa shape index (κ2) is 8.30. The maximum atomic E-state index is 13.7. The molecular formula is C21H20F2N2O4. The summed E-state index contributed by atoms with van der Waals surface area (Å²) in [7, 11) is 0. The van der Waals surface area contributed by atoms with Gasteiger partial charge in [0.2, 0.25) is 0 Å². The molecule has 0 radical (unpaired) electrons. The van der Waals surface area contributed by atoms with Gasteiger partial charge >= 0.3 is 5.97 Å². The monoisotopic (exact) mass is 402 g/mol. The van der Waals surface area contributed by atoms with E-state index in [1.165, 1.54) is 13.0 Å². The highest BCUT2D eigenvalue weighted by Crippen LogP contribution is 2.21. The number of furan rings is 1. The van der Waals surface area contributed by atoms with Crippen LogP contribution in [0, 0.1) is 25.5 Å². The number of anilines is 1. The van der Waals surface area contributed by atoms with Crippen molar-refractivity contribution in [1.82, 2.24) is 4.57 Å². The summed E-state index contributed by atoms with van der Waals surface area (Å²) in [6, 6.07) is 8.47. The summed E-state index contributed by atoms with van der Waals surface area (Å²) in [5, 5.41) is 2.11. The number of ether oxygens (including phenoxy) is 1. The standard InChI is InChI=1S/C21H20F2N2O4/c1-12-10-16(13(2)25(12)11-15-6-5-9-28-15)21(27)29-14(3)20(26)24-19-17(22)7-4-8-18(19)23/h4-10,14H,11H2,1-3H3,(H,24,26). The molecule has 1 N–H and O–H groups in total. The lowest BCUT2D eigenvalue weighted by Gasteiger charge is -2.14. The van der Waals surface area contributed by atoms with E-state index in [0.29, 0.717) is 17.8 Å². The molecule has 0 spiro atoms. The van der Waals surface area contributed by atoms with Crippen LogP contribution in [0.3, 0.4) is 0 Å². The van der Waals surface area contributed by atoms with Crippen molar-refractivity contribution in [3.8, 4) is 0 Å². The number of aromatic nitrogens is 1. The summed E-state index contributed by atoms with van der Waals surface area (Å²) in [6.45, 7) is 5.37. The Hall–Kier alpha value is -3.42. The first-order chi connectivity index (χ1) is 13.8. The molecule has 6 nitrogen and oxygen atoms in total. The Balaban J connectivity index is 1.70. The number of carbonyl (C=O) groups is 2. The van der Waals surface area contributed by atoms with Gasteiger partial charge in [-0.05, 0) is 51.1 Å². The molecule has 1 unspecified atom stereocenters. The topological polar surface area (TPSA) is 73.5 Å². The number of benzene rings is 1. The largest absolute Gasteiger partial charge is 0.467 e. The number of esters is 1. The molecule has 1 atom stereocenters. The van der Waals surface area contributed by atoms with Crippen molar-refractivity contribution in [3.63, 3.8) is 0 Å². The zero-order valence-electron chi connectivity index (χ0n) is 16.2. The molecule has 29 heavy (non-hydrogen) atoms. The molecular weight excluding hydrogens is 382 g/mol. The number of nitrogens with one attached hydrogen (secondary N) is 1. The lowest BCUT2D eigenvalue weighted by molar-refractivity contribution is -0.123. The molecule has 3 rings (SSSR count). The Bertz CT molecular complexity index is 1020. The average Bonchev–Trinajstić information content (AvgIpc) is 3.28. The summed E-state index contributed by atoms with van der Waals surface area (Å²) < 4.78 is 39.8. The number of carbonyl (C=O) groups excluding carboxylic acids is 2. The predicted molar refractivity (Wildman–Crippen MR) is 102 cm³/mol. The molecule has 2 heterocycles. The molecule has 1 amide bonds. The van der Waals surface area contributed by atoms with Crippen LogP contribution in [0.15, 0.2) is 47.1 Å². The summed E-state index contributed by atoms with van der Waals surface area (Å²) in [5.74, 6) is -2.66. The van der Waals surface area contributed by atoms with Crippen LogP contribution in [0.4, 0.5) is 14.5 Å². The van der Waals surface area contributed by atoms with E-state index in [4.69, 9.17) is 9.15 Å². The van der Waals surface area contributed by atoms with Crippen molar-refractivity contribution >= 4 is 17.6 Å². The summed E-state index contributed by atoms with van der Waals surface area (Å²) >= 11 is 0. The molecule has 152 valence electrons. The maximum Gasteiger partial charge on any atom is 0.340 e. The first-order valence-corrected chi connectivity index (χ1v) is 8.93. The first kappa shape index (κ1) is 20.3. The number of nitrogens with zero attached hydrogens (tertiary/aromatic N) is 1. The van der Waals surface area contributed by atoms with E-state index in [1.807, 2.05) is 17.6 Å². The molecule has 0 bridgehead atoms. The Labute approximate surface area is 166 Å². The molecule has 0 aliphatic carbocycles. The van der Waals surface area contributed by atoms with Crippen LogP contribution in [0.25, 0.3) is 0 Å². The van der Waals surface area contributed by atoms with E-state index in [1.54, 1.807) is 25.3 Å². The van der Waals surface area contributed by atoms with Gasteiger partial charge in [-0.15, -0.1) is 0 Å². The fourth-order valence-electron chi connectivity index (χ4n) is 2.93. The lowest BCUT2D eigenvalue weighted by Crippen LogP contribution is -2.30. The highest BCUT2D eigenvalue weighted by Gasteiger charge is 2.24. The number of aryl methyl sites for hydroxylation is 1. The molecule has 2 aromatic heterocycles. The van der Waals surface area contributed by atoms with Gasteiger partial charge in [0, 0.05) is 11.4 Å². The van der Waals surface area contributed by atoms with Crippen molar-refractivity contribution in [1.29, 1.82) is 0 Å². The Morgan fingerprint density at radius 2 is 1.86 bits per heavy atom. The van der Waals surface area contributed by atoms with Gasteiger partial charge in [0.05, 0.1) is 18.4 Å². The van der Waals surface area contributed by atoms with Gasteiger partial charge in [-0.25, -0.2) is 13.6 Å².